The molecule has 4 saturated heterocycles. The maximum atomic E-state index is 14.2. The van der Waals surface area contributed by atoms with Gasteiger partial charge >= 0.3 is 11.9 Å². The Hall–Kier alpha value is -10.4. The number of ether oxygens (including phenoxy) is 2. The van der Waals surface area contributed by atoms with Crippen LogP contribution in [0, 0.1) is 0 Å². The predicted molar refractivity (Wildman–Crippen MR) is 375 cm³/mol. The molecule has 0 unspecified atom stereocenters. The topological polar surface area (TPSA) is 259 Å². The van der Waals surface area contributed by atoms with Crippen molar-refractivity contribution in [2.45, 2.75) is 140 Å². The third kappa shape index (κ3) is 15.4. The second-order valence-corrected chi connectivity index (χ2v) is 26.3. The fourth-order valence-electron chi connectivity index (χ4n) is 13.8. The molecule has 10 aromatic rings. The Morgan fingerprint density at radius 1 is 0.510 bits per heavy atom. The van der Waals surface area contributed by atoms with Gasteiger partial charge in [0.15, 0.2) is 0 Å². The summed E-state index contributed by atoms with van der Waals surface area (Å²) < 4.78 is 23.2. The van der Waals surface area contributed by atoms with Gasteiger partial charge in [0.25, 0.3) is 0 Å². The van der Waals surface area contributed by atoms with E-state index in [-0.39, 0.29) is 60.8 Å². The SMILES string of the molecule is CC(C)OC(=O)C[C@@H](C(=O)N1CCC[C@H]1C(=O)Nc1ccc(-c2cc3cc(-c4cnc([C@@H]5CCCN5C(=O)[C@H](CC(=O)OC(C)C)c5ccccc5)[nH]4)ccc3o2)cc1)c1ccccc1.O=C(Nc1ccc(-c2cc3cc(-c4cnc([C@@H]5CCCN5)[nH]4)ccc3o2)cc1)[C@@H]1CCCN1. The van der Waals surface area contributed by atoms with E-state index in [1.54, 1.807) is 38.8 Å². The van der Waals surface area contributed by atoms with Crippen molar-refractivity contribution in [1.82, 2.24) is 40.4 Å². The standard InChI is InChI=1S/C52H55N5O8.C26H27N5O2/c1-32(2)63-47(58)29-40(34-13-7-5-8-14-34)51(61)56-25-11-17-43(56)49-53-31-42(55-49)37-21-24-45-38(27-37)28-46(65-45)36-19-22-39(23-20-36)54-50(60)44-18-12-26-57(44)52(62)41(30-48(59)64-33(3)4)35-15-9-6-10-16-35;32-26(21-4-2-12-28-21)30-19-8-5-16(6-9-19)24-14-18-13-17(7-10-23(18)33-24)22-15-29-25(31-22)20-3-1-11-27-20/h5-10,13-16,19-24,27-28,31-33,40-41,43-44H,11-12,17-18,25-26,29-30H2,1-4H3,(H,53,55)(H,54,60);5-10,13-15,20-21,27-28H,1-4,11-12H2,(H,29,31)(H,30,32)/t40-,41-,43+,44+;20-,21-/m10/s1. The number of likely N-dealkylation sites (tertiary alicyclic amines) is 2. The molecular weight excluding hydrogens is 1240 g/mol. The van der Waals surface area contributed by atoms with Gasteiger partial charge in [0.2, 0.25) is 23.6 Å². The number of nitrogens with one attached hydrogen (secondary N) is 6. The largest absolute Gasteiger partial charge is 0.463 e. The number of furan rings is 2. The van der Waals surface area contributed by atoms with Crippen LogP contribution in [0.3, 0.4) is 0 Å². The third-order valence-corrected chi connectivity index (χ3v) is 18.7. The zero-order valence-corrected chi connectivity index (χ0v) is 55.6. The molecule has 8 heterocycles. The minimum Gasteiger partial charge on any atom is -0.463 e. The monoisotopic (exact) mass is 1320 g/mol. The quantitative estimate of drug-likeness (QED) is 0.0388. The number of carbonyl (C=O) groups excluding carboxylic acids is 6. The van der Waals surface area contributed by atoms with Crippen molar-refractivity contribution in [3.8, 4) is 45.2 Å². The summed E-state index contributed by atoms with van der Waals surface area (Å²) in [6.45, 7) is 10.1. The van der Waals surface area contributed by atoms with E-state index in [0.717, 1.165) is 118 Å². The molecule has 6 aromatic carbocycles. The first-order chi connectivity index (χ1) is 47.6. The number of aromatic nitrogens is 4. The maximum absolute atomic E-state index is 14.2. The number of imidazole rings is 2. The molecule has 4 amide bonds. The fourth-order valence-corrected chi connectivity index (χ4v) is 13.8. The van der Waals surface area contributed by atoms with E-state index in [4.69, 9.17) is 23.3 Å². The Bertz CT molecular complexity index is 4450. The van der Waals surface area contributed by atoms with Crippen LogP contribution in [0.5, 0.6) is 0 Å². The lowest BCUT2D eigenvalue weighted by atomic mass is 9.93. The average Bonchev–Trinajstić information content (AvgIpc) is 1.77. The van der Waals surface area contributed by atoms with Gasteiger partial charge in [-0.05, 0) is 200 Å². The minimum atomic E-state index is -0.763. The Morgan fingerprint density at radius 2 is 0.990 bits per heavy atom. The summed E-state index contributed by atoms with van der Waals surface area (Å²) in [6.07, 6.45) is 9.96. The van der Waals surface area contributed by atoms with Crippen LogP contribution in [-0.4, -0.2) is 116 Å². The molecule has 98 heavy (non-hydrogen) atoms. The predicted octanol–water partition coefficient (Wildman–Crippen LogP) is 13.9. The summed E-state index contributed by atoms with van der Waals surface area (Å²) >= 11 is 0. The minimum absolute atomic E-state index is 0.0298. The number of anilines is 2. The zero-order chi connectivity index (χ0) is 67.8. The van der Waals surface area contributed by atoms with Gasteiger partial charge in [-0.15, -0.1) is 0 Å². The van der Waals surface area contributed by atoms with Crippen LogP contribution in [0.15, 0.2) is 179 Å². The summed E-state index contributed by atoms with van der Waals surface area (Å²) in [5.41, 5.74) is 10.0. The van der Waals surface area contributed by atoms with Gasteiger partial charge in [0.1, 0.15) is 40.4 Å². The number of carbonyl (C=O) groups is 6. The van der Waals surface area contributed by atoms with Crippen molar-refractivity contribution in [3.05, 3.63) is 193 Å². The molecule has 20 heteroatoms. The van der Waals surface area contributed by atoms with Gasteiger partial charge in [-0.2, -0.15) is 0 Å². The highest BCUT2D eigenvalue weighted by atomic mass is 16.5. The van der Waals surface area contributed by atoms with Crippen LogP contribution in [-0.2, 0) is 38.2 Å². The number of H-pyrrole nitrogens is 2. The number of aromatic amines is 2. The van der Waals surface area contributed by atoms with Crippen LogP contribution < -0.4 is 21.3 Å². The molecule has 4 aliphatic heterocycles. The molecule has 504 valence electrons. The van der Waals surface area contributed by atoms with E-state index in [1.165, 1.54) is 6.42 Å². The lowest BCUT2D eigenvalue weighted by Gasteiger charge is -2.28. The van der Waals surface area contributed by atoms with Gasteiger partial charge < -0.3 is 59.3 Å². The van der Waals surface area contributed by atoms with E-state index in [2.05, 4.69) is 54.4 Å². The van der Waals surface area contributed by atoms with Gasteiger partial charge in [-0.25, -0.2) is 9.97 Å². The molecule has 0 aliphatic carbocycles. The molecule has 14 rings (SSSR count). The summed E-state index contributed by atoms with van der Waals surface area (Å²) in [5, 5.41) is 14.6. The Kier molecular flexibility index (Phi) is 20.2. The Balaban J connectivity index is 0.000000217. The molecule has 4 fully saturated rings. The second-order valence-electron chi connectivity index (χ2n) is 26.3. The number of esters is 2. The van der Waals surface area contributed by atoms with Crippen molar-refractivity contribution in [2.24, 2.45) is 0 Å². The van der Waals surface area contributed by atoms with E-state index >= 15 is 0 Å². The first kappa shape index (κ1) is 66.2. The van der Waals surface area contributed by atoms with E-state index in [9.17, 15) is 28.8 Å². The van der Waals surface area contributed by atoms with Crippen LogP contribution in [0.25, 0.3) is 67.1 Å². The summed E-state index contributed by atoms with van der Waals surface area (Å²) in [7, 11) is 0. The normalized spacial score (nSPS) is 18.2. The molecule has 6 atom stereocenters. The number of benzene rings is 6. The third-order valence-electron chi connectivity index (χ3n) is 18.7. The number of fused-ring (bicyclic) bond motifs is 2. The molecule has 4 aliphatic rings. The molecule has 4 aromatic heterocycles. The summed E-state index contributed by atoms with van der Waals surface area (Å²) in [6, 6.07) is 49.2. The number of hydrogen-bond acceptors (Lipinski definition) is 14. The second kappa shape index (κ2) is 29.9. The zero-order valence-electron chi connectivity index (χ0n) is 55.6. The fraction of sp³-hybridized carbons (Fsp3) is 0.333. The Morgan fingerprint density at radius 3 is 1.51 bits per heavy atom. The highest BCUT2D eigenvalue weighted by Gasteiger charge is 2.40. The van der Waals surface area contributed by atoms with Crippen LogP contribution in [0.2, 0.25) is 0 Å². The highest BCUT2D eigenvalue weighted by molar-refractivity contribution is 6.00. The van der Waals surface area contributed by atoms with Gasteiger partial charge in [-0.1, -0.05) is 60.7 Å². The van der Waals surface area contributed by atoms with Crippen molar-refractivity contribution in [2.75, 3.05) is 36.8 Å². The van der Waals surface area contributed by atoms with E-state index in [1.807, 2.05) is 151 Å². The lowest BCUT2D eigenvalue weighted by molar-refractivity contribution is -0.151. The first-order valence-electron chi connectivity index (χ1n) is 34.2. The number of rotatable bonds is 20. The molecule has 0 radical (unpaired) electrons. The van der Waals surface area contributed by atoms with Crippen molar-refractivity contribution < 1.29 is 47.1 Å². The number of nitrogens with zero attached hydrogens (tertiary/aromatic N) is 4. The average molecular weight is 1320 g/mol. The van der Waals surface area contributed by atoms with Crippen LogP contribution >= 0.6 is 0 Å². The molecule has 20 nitrogen and oxygen atoms in total. The molecular formula is C78H82N10O10. The van der Waals surface area contributed by atoms with Crippen LogP contribution in [0.1, 0.15) is 139 Å². The van der Waals surface area contributed by atoms with Gasteiger partial charge in [0.05, 0.1) is 78.8 Å². The highest BCUT2D eigenvalue weighted by Crippen LogP contribution is 2.39. The van der Waals surface area contributed by atoms with E-state index < -0.39 is 29.8 Å². The van der Waals surface area contributed by atoms with Crippen molar-refractivity contribution >= 4 is 68.9 Å². The smallest absolute Gasteiger partial charge is 0.307 e. The molecule has 6 N–H and O–H groups in total. The molecule has 0 saturated carbocycles. The molecule has 0 spiro atoms. The van der Waals surface area contributed by atoms with Gasteiger partial charge in [0, 0.05) is 57.5 Å². The maximum Gasteiger partial charge on any atom is 0.307 e. The molecule has 0 bridgehead atoms. The lowest BCUT2D eigenvalue weighted by Crippen LogP contribution is -2.45. The van der Waals surface area contributed by atoms with Crippen molar-refractivity contribution in [3.63, 3.8) is 0 Å². The van der Waals surface area contributed by atoms with Crippen molar-refractivity contribution in [1.29, 1.82) is 0 Å². The number of amides is 4. The summed E-state index contributed by atoms with van der Waals surface area (Å²) in [5.74, 6) is 0.211. The van der Waals surface area contributed by atoms with Gasteiger partial charge in [-0.3, -0.25) is 28.8 Å². The van der Waals surface area contributed by atoms with E-state index in [0.29, 0.717) is 60.4 Å². The Labute approximate surface area is 568 Å². The number of hydrogen-bond donors (Lipinski definition) is 6. The first-order valence-corrected chi connectivity index (χ1v) is 34.2. The summed E-state index contributed by atoms with van der Waals surface area (Å²) in [4.78, 5) is 99.4. The van der Waals surface area contributed by atoms with Crippen LogP contribution in [0.4, 0.5) is 11.4 Å².